The molecule has 0 saturated carbocycles. The minimum Gasteiger partial charge on any atom is -0.457 e. The van der Waals surface area contributed by atoms with Crippen molar-refractivity contribution in [1.29, 1.82) is 0 Å². The lowest BCUT2D eigenvalue weighted by atomic mass is 10.1. The average molecular weight is 323 g/mol. The van der Waals surface area contributed by atoms with Crippen LogP contribution in [-0.2, 0) is 0 Å². The monoisotopic (exact) mass is 322 g/mol. The molecule has 2 aromatic rings. The minimum atomic E-state index is -4.27. The topological polar surface area (TPSA) is 33.4 Å². The lowest BCUT2D eigenvalue weighted by Crippen LogP contribution is -2.09. The van der Waals surface area contributed by atoms with E-state index in [2.05, 4.69) is 15.9 Å². The summed E-state index contributed by atoms with van der Waals surface area (Å²) in [5.41, 5.74) is 0.526. The maximum atomic E-state index is 12.1. The molecule has 0 fully saturated rings. The Balaban J connectivity index is 2.18. The maximum absolute atomic E-state index is 12.1. The molecule has 98 valence electrons. The number of para-hydroxylation sites is 1. The van der Waals surface area contributed by atoms with Gasteiger partial charge in [-0.15, -0.1) is 0 Å². The zero-order valence-electron chi connectivity index (χ0n) is 9.17. The van der Waals surface area contributed by atoms with Crippen molar-refractivity contribution in [3.05, 3.63) is 34.5 Å². The Morgan fingerprint density at radius 1 is 1.33 bits per heavy atom. The van der Waals surface area contributed by atoms with Crippen LogP contribution in [0.3, 0.4) is 0 Å². The van der Waals surface area contributed by atoms with Gasteiger partial charge in [-0.3, -0.25) is 0 Å². The van der Waals surface area contributed by atoms with E-state index in [0.717, 1.165) is 5.39 Å². The second-order valence-corrected chi connectivity index (χ2v) is 4.83. The first-order chi connectivity index (χ1) is 8.37. The molecule has 1 aromatic heterocycles. The van der Waals surface area contributed by atoms with Crippen LogP contribution < -0.4 is 0 Å². The Morgan fingerprint density at radius 2 is 2.06 bits per heavy atom. The predicted octanol–water partition coefficient (Wildman–Crippen LogP) is 4.57. The molecule has 1 aromatic carbocycles. The van der Waals surface area contributed by atoms with Gasteiger partial charge in [-0.05, 0) is 34.5 Å². The van der Waals surface area contributed by atoms with Crippen LogP contribution in [-0.4, -0.2) is 11.3 Å². The third kappa shape index (κ3) is 3.05. The Bertz CT molecular complexity index is 548. The van der Waals surface area contributed by atoms with Crippen molar-refractivity contribution in [3.8, 4) is 0 Å². The Kier molecular flexibility index (Phi) is 3.68. The van der Waals surface area contributed by atoms with Crippen molar-refractivity contribution in [2.45, 2.75) is 25.1 Å². The van der Waals surface area contributed by atoms with Gasteiger partial charge in [0.25, 0.3) is 0 Å². The summed E-state index contributed by atoms with van der Waals surface area (Å²) in [6.07, 6.45) is -6.95. The third-order valence-electron chi connectivity index (χ3n) is 2.54. The van der Waals surface area contributed by atoms with E-state index in [9.17, 15) is 18.3 Å². The molecular formula is C12H10BrF3O2. The van der Waals surface area contributed by atoms with Gasteiger partial charge in [-0.1, -0.05) is 12.1 Å². The molecule has 0 radical (unpaired) electrons. The van der Waals surface area contributed by atoms with Crippen molar-refractivity contribution in [1.82, 2.24) is 0 Å². The highest BCUT2D eigenvalue weighted by Crippen LogP contribution is 2.33. The number of furan rings is 1. The van der Waals surface area contributed by atoms with Crippen LogP contribution in [0.1, 0.15) is 24.7 Å². The molecule has 0 amide bonds. The third-order valence-corrected chi connectivity index (χ3v) is 3.17. The number of hydrogen-bond acceptors (Lipinski definition) is 2. The van der Waals surface area contributed by atoms with Crippen LogP contribution in [0.4, 0.5) is 13.2 Å². The van der Waals surface area contributed by atoms with Gasteiger partial charge in [0.2, 0.25) is 0 Å². The molecule has 0 saturated heterocycles. The molecule has 18 heavy (non-hydrogen) atoms. The molecule has 0 bridgehead atoms. The van der Waals surface area contributed by atoms with Crippen molar-refractivity contribution in [2.75, 3.05) is 0 Å². The fraction of sp³-hybridized carbons (Fsp3) is 0.333. The first-order valence-electron chi connectivity index (χ1n) is 5.29. The second kappa shape index (κ2) is 4.93. The molecule has 1 N–H and O–H groups in total. The Morgan fingerprint density at radius 3 is 2.67 bits per heavy atom. The molecule has 0 aliphatic rings. The number of rotatable bonds is 3. The zero-order chi connectivity index (χ0) is 13.3. The average Bonchev–Trinajstić information content (AvgIpc) is 2.70. The summed E-state index contributed by atoms with van der Waals surface area (Å²) in [6, 6.07) is 6.87. The number of halogens is 4. The number of fused-ring (bicyclic) bond motifs is 1. The highest BCUT2D eigenvalue weighted by atomic mass is 79.9. The van der Waals surface area contributed by atoms with Gasteiger partial charge in [0.1, 0.15) is 17.4 Å². The zero-order valence-corrected chi connectivity index (χ0v) is 10.8. The van der Waals surface area contributed by atoms with Gasteiger partial charge in [0, 0.05) is 11.8 Å². The van der Waals surface area contributed by atoms with Gasteiger partial charge < -0.3 is 9.52 Å². The molecule has 2 nitrogen and oxygen atoms in total. The molecule has 1 atom stereocenters. The van der Waals surface area contributed by atoms with Crippen LogP contribution in [0.25, 0.3) is 11.0 Å². The van der Waals surface area contributed by atoms with E-state index in [0.29, 0.717) is 10.1 Å². The van der Waals surface area contributed by atoms with Crippen LogP contribution in [0.15, 0.2) is 33.2 Å². The van der Waals surface area contributed by atoms with E-state index < -0.39 is 25.1 Å². The fourth-order valence-electron chi connectivity index (χ4n) is 1.65. The van der Waals surface area contributed by atoms with Gasteiger partial charge >= 0.3 is 6.18 Å². The summed E-state index contributed by atoms with van der Waals surface area (Å²) in [6.45, 7) is 0. The summed E-state index contributed by atoms with van der Waals surface area (Å²) < 4.78 is 42.2. The van der Waals surface area contributed by atoms with Crippen LogP contribution in [0.2, 0.25) is 0 Å². The summed E-state index contributed by atoms with van der Waals surface area (Å²) in [5.74, 6) is 0.154. The van der Waals surface area contributed by atoms with E-state index in [1.165, 1.54) is 0 Å². The number of benzene rings is 1. The molecule has 6 heteroatoms. The van der Waals surface area contributed by atoms with Gasteiger partial charge in [0.15, 0.2) is 0 Å². The number of alkyl halides is 3. The number of aliphatic hydroxyl groups is 1. The van der Waals surface area contributed by atoms with Crippen LogP contribution >= 0.6 is 15.9 Å². The van der Waals surface area contributed by atoms with Crippen molar-refractivity contribution in [3.63, 3.8) is 0 Å². The highest BCUT2D eigenvalue weighted by Gasteiger charge is 2.29. The van der Waals surface area contributed by atoms with Gasteiger partial charge in [0.05, 0.1) is 4.47 Å². The molecule has 0 spiro atoms. The van der Waals surface area contributed by atoms with Gasteiger partial charge in [-0.25, -0.2) is 0 Å². The van der Waals surface area contributed by atoms with E-state index in [1.54, 1.807) is 24.3 Å². The minimum absolute atomic E-state index is 0.154. The van der Waals surface area contributed by atoms with E-state index in [1.807, 2.05) is 0 Å². The SMILES string of the molecule is OC(CCC(F)(F)F)c1cc2cccc(Br)c2o1. The van der Waals surface area contributed by atoms with Gasteiger partial charge in [-0.2, -0.15) is 13.2 Å². The standard InChI is InChI=1S/C12H10BrF3O2/c13-8-3-1-2-7-6-10(18-11(7)8)9(17)4-5-12(14,15)16/h1-3,6,9,17H,4-5H2. The smallest absolute Gasteiger partial charge is 0.389 e. The van der Waals surface area contributed by atoms with E-state index >= 15 is 0 Å². The molecule has 1 heterocycles. The molecular weight excluding hydrogens is 313 g/mol. The molecule has 1 unspecified atom stereocenters. The first kappa shape index (κ1) is 13.4. The summed E-state index contributed by atoms with van der Waals surface area (Å²) >= 11 is 3.27. The summed E-state index contributed by atoms with van der Waals surface area (Å²) in [7, 11) is 0. The Hall–Kier alpha value is -1.01. The lowest BCUT2D eigenvalue weighted by Gasteiger charge is -2.09. The van der Waals surface area contributed by atoms with Crippen molar-refractivity contribution >= 4 is 26.9 Å². The normalized spacial score (nSPS) is 14.1. The second-order valence-electron chi connectivity index (χ2n) is 3.98. The largest absolute Gasteiger partial charge is 0.457 e. The van der Waals surface area contributed by atoms with Crippen LogP contribution in [0, 0.1) is 0 Å². The van der Waals surface area contributed by atoms with E-state index in [-0.39, 0.29) is 5.76 Å². The predicted molar refractivity (Wildman–Crippen MR) is 64.2 cm³/mol. The lowest BCUT2D eigenvalue weighted by molar-refractivity contribution is -0.140. The molecule has 0 aliphatic heterocycles. The van der Waals surface area contributed by atoms with Crippen molar-refractivity contribution in [2.24, 2.45) is 0 Å². The number of aliphatic hydroxyl groups excluding tert-OH is 1. The molecule has 2 rings (SSSR count). The highest BCUT2D eigenvalue weighted by molar-refractivity contribution is 9.10. The molecule has 0 aliphatic carbocycles. The number of hydrogen-bond donors (Lipinski definition) is 1. The first-order valence-corrected chi connectivity index (χ1v) is 6.09. The van der Waals surface area contributed by atoms with E-state index in [4.69, 9.17) is 4.42 Å². The maximum Gasteiger partial charge on any atom is 0.389 e. The van der Waals surface area contributed by atoms with Crippen LogP contribution in [0.5, 0.6) is 0 Å². The Labute approximate surface area is 110 Å². The van der Waals surface area contributed by atoms with Crippen molar-refractivity contribution < 1.29 is 22.7 Å². The summed E-state index contributed by atoms with van der Waals surface area (Å²) in [4.78, 5) is 0. The fourth-order valence-corrected chi connectivity index (χ4v) is 2.12. The summed E-state index contributed by atoms with van der Waals surface area (Å²) in [5, 5.41) is 10.4. The quantitative estimate of drug-likeness (QED) is 0.897.